The highest BCUT2D eigenvalue weighted by Gasteiger charge is 2.35. The lowest BCUT2D eigenvalue weighted by Crippen LogP contribution is -2.33. The molecule has 0 amide bonds. The standard InChI is InChI=1S/C13H12Br2N2O5S/c14-6-1-9(15)23-11(6)5-3-17(13(21)16-12(5)20)10-2-7(19)8(4-18)22-10/h1,3,7-8,10,18-19H,2,4H2,(H,16,20,21)/t7-,8+,10+/m0/s1. The van der Waals surface area contributed by atoms with E-state index in [4.69, 9.17) is 9.84 Å². The molecule has 1 saturated heterocycles. The summed E-state index contributed by atoms with van der Waals surface area (Å²) in [5.41, 5.74) is -0.808. The average Bonchev–Trinajstić information content (AvgIpc) is 3.01. The van der Waals surface area contributed by atoms with Crippen LogP contribution in [0.15, 0.2) is 30.1 Å². The molecule has 2 aromatic heterocycles. The smallest absolute Gasteiger partial charge is 0.330 e. The third kappa shape index (κ3) is 3.24. The summed E-state index contributed by atoms with van der Waals surface area (Å²) >= 11 is 8.08. The van der Waals surface area contributed by atoms with E-state index in [1.54, 1.807) is 0 Å². The number of H-pyrrole nitrogens is 1. The summed E-state index contributed by atoms with van der Waals surface area (Å²) in [4.78, 5) is 27.1. The molecule has 1 fully saturated rings. The fourth-order valence-corrected chi connectivity index (χ4v) is 5.08. The maximum atomic E-state index is 12.1. The molecule has 3 N–H and O–H groups in total. The van der Waals surface area contributed by atoms with Gasteiger partial charge in [0.15, 0.2) is 0 Å². The second kappa shape index (κ2) is 6.61. The predicted molar refractivity (Wildman–Crippen MR) is 91.7 cm³/mol. The van der Waals surface area contributed by atoms with Gasteiger partial charge in [0.2, 0.25) is 0 Å². The van der Waals surface area contributed by atoms with E-state index in [-0.39, 0.29) is 13.0 Å². The molecule has 0 bridgehead atoms. The van der Waals surface area contributed by atoms with Gasteiger partial charge in [-0.05, 0) is 37.9 Å². The minimum atomic E-state index is -0.866. The molecule has 2 aromatic rings. The Hall–Kier alpha value is -0.780. The number of aromatic nitrogens is 2. The van der Waals surface area contributed by atoms with Crippen LogP contribution in [0.2, 0.25) is 0 Å². The number of nitrogens with one attached hydrogen (secondary N) is 1. The number of ether oxygens (including phenoxy) is 1. The van der Waals surface area contributed by atoms with Crippen molar-refractivity contribution in [1.82, 2.24) is 9.55 Å². The highest BCUT2D eigenvalue weighted by Crippen LogP contribution is 2.37. The molecule has 0 aromatic carbocycles. The molecule has 10 heteroatoms. The molecule has 0 spiro atoms. The van der Waals surface area contributed by atoms with Crippen molar-refractivity contribution in [3.05, 3.63) is 41.4 Å². The second-order valence-corrected chi connectivity index (χ2v) is 8.34. The summed E-state index contributed by atoms with van der Waals surface area (Å²) in [6, 6.07) is 1.81. The summed E-state index contributed by atoms with van der Waals surface area (Å²) in [6.07, 6.45) is -0.778. The van der Waals surface area contributed by atoms with Crippen molar-refractivity contribution in [3.8, 4) is 10.4 Å². The van der Waals surface area contributed by atoms with E-state index < -0.39 is 29.7 Å². The van der Waals surface area contributed by atoms with Crippen LogP contribution in [-0.4, -0.2) is 38.6 Å². The van der Waals surface area contributed by atoms with Crippen LogP contribution in [0.3, 0.4) is 0 Å². The van der Waals surface area contributed by atoms with Gasteiger partial charge in [0.1, 0.15) is 12.3 Å². The van der Waals surface area contributed by atoms with E-state index in [9.17, 15) is 14.7 Å². The van der Waals surface area contributed by atoms with Gasteiger partial charge in [0.05, 0.1) is 26.9 Å². The fourth-order valence-electron chi connectivity index (χ4n) is 2.44. The largest absolute Gasteiger partial charge is 0.394 e. The van der Waals surface area contributed by atoms with E-state index in [0.717, 1.165) is 8.26 Å². The highest BCUT2D eigenvalue weighted by molar-refractivity contribution is 9.11. The minimum absolute atomic E-state index is 0.159. The molecule has 3 rings (SSSR count). The molecule has 0 saturated carbocycles. The van der Waals surface area contributed by atoms with E-state index in [1.165, 1.54) is 22.1 Å². The highest BCUT2D eigenvalue weighted by atomic mass is 79.9. The molecule has 0 radical (unpaired) electrons. The Morgan fingerprint density at radius 1 is 1.43 bits per heavy atom. The van der Waals surface area contributed by atoms with Crippen LogP contribution in [0.5, 0.6) is 0 Å². The Kier molecular flexibility index (Phi) is 4.90. The maximum absolute atomic E-state index is 12.1. The summed E-state index contributed by atoms with van der Waals surface area (Å²) in [7, 11) is 0. The lowest BCUT2D eigenvalue weighted by Gasteiger charge is -2.15. The number of hydrogen-bond donors (Lipinski definition) is 3. The average molecular weight is 468 g/mol. The van der Waals surface area contributed by atoms with Crippen molar-refractivity contribution in [3.63, 3.8) is 0 Å². The SMILES string of the molecule is O=c1[nH]c(=O)n([C@H]2C[C@H](O)[C@@H](CO)O2)cc1-c1sc(Br)cc1Br. The summed E-state index contributed by atoms with van der Waals surface area (Å²) in [5.74, 6) is 0. The summed E-state index contributed by atoms with van der Waals surface area (Å²) < 4.78 is 8.28. The molecule has 0 aliphatic carbocycles. The molecule has 23 heavy (non-hydrogen) atoms. The number of thiophene rings is 1. The van der Waals surface area contributed by atoms with Gasteiger partial charge in [-0.1, -0.05) is 0 Å². The molecule has 1 aliphatic rings. The van der Waals surface area contributed by atoms with Crippen LogP contribution in [0, 0.1) is 0 Å². The Morgan fingerprint density at radius 3 is 2.74 bits per heavy atom. The third-order valence-corrected chi connectivity index (χ3v) is 6.12. The molecular weight excluding hydrogens is 456 g/mol. The van der Waals surface area contributed by atoms with Gasteiger partial charge in [-0.3, -0.25) is 14.3 Å². The Bertz CT molecular complexity index is 846. The fraction of sp³-hybridized carbons (Fsp3) is 0.385. The van der Waals surface area contributed by atoms with Crippen molar-refractivity contribution < 1.29 is 14.9 Å². The van der Waals surface area contributed by atoms with Gasteiger partial charge in [0.25, 0.3) is 5.56 Å². The second-order valence-electron chi connectivity index (χ2n) is 5.05. The molecule has 0 unspecified atom stereocenters. The number of hydrogen-bond acceptors (Lipinski definition) is 6. The molecule has 7 nitrogen and oxygen atoms in total. The molecule has 1 aliphatic heterocycles. The Morgan fingerprint density at radius 2 is 2.17 bits per heavy atom. The number of nitrogens with zero attached hydrogens (tertiary/aromatic N) is 1. The Labute approximate surface area is 150 Å². The van der Waals surface area contributed by atoms with Gasteiger partial charge < -0.3 is 14.9 Å². The van der Waals surface area contributed by atoms with Gasteiger partial charge in [-0.15, -0.1) is 11.3 Å². The third-order valence-electron chi connectivity index (χ3n) is 3.56. The lowest BCUT2D eigenvalue weighted by atomic mass is 10.2. The topological polar surface area (TPSA) is 105 Å². The van der Waals surface area contributed by atoms with E-state index >= 15 is 0 Å². The molecule has 124 valence electrons. The first-order valence-corrected chi connectivity index (χ1v) is 9.06. The first-order valence-electron chi connectivity index (χ1n) is 6.65. The molecule has 3 atom stereocenters. The summed E-state index contributed by atoms with van der Waals surface area (Å²) in [5, 5.41) is 19.0. The first kappa shape index (κ1) is 17.1. The lowest BCUT2D eigenvalue weighted by molar-refractivity contribution is -0.0458. The van der Waals surface area contributed by atoms with Crippen molar-refractivity contribution in [2.24, 2.45) is 0 Å². The van der Waals surface area contributed by atoms with Crippen LogP contribution in [0.1, 0.15) is 12.6 Å². The number of aliphatic hydroxyl groups is 2. The monoisotopic (exact) mass is 466 g/mol. The zero-order valence-corrected chi connectivity index (χ0v) is 15.5. The van der Waals surface area contributed by atoms with Crippen molar-refractivity contribution in [1.29, 1.82) is 0 Å². The zero-order chi connectivity index (χ0) is 16.7. The normalized spacial score (nSPS) is 24.3. The first-order chi connectivity index (χ1) is 10.9. The number of halogens is 2. The maximum Gasteiger partial charge on any atom is 0.330 e. The van der Waals surface area contributed by atoms with Crippen LogP contribution < -0.4 is 11.2 Å². The van der Waals surface area contributed by atoms with Crippen LogP contribution in [-0.2, 0) is 4.74 Å². The van der Waals surface area contributed by atoms with Gasteiger partial charge in [-0.25, -0.2) is 4.79 Å². The van der Waals surface area contributed by atoms with Gasteiger partial charge >= 0.3 is 5.69 Å². The zero-order valence-electron chi connectivity index (χ0n) is 11.5. The predicted octanol–water partition coefficient (Wildman–Crippen LogP) is 1.43. The van der Waals surface area contributed by atoms with Gasteiger partial charge in [-0.2, -0.15) is 0 Å². The van der Waals surface area contributed by atoms with Crippen molar-refractivity contribution in [2.75, 3.05) is 6.61 Å². The Balaban J connectivity index is 2.06. The number of rotatable bonds is 3. The van der Waals surface area contributed by atoms with E-state index in [0.29, 0.717) is 10.4 Å². The summed E-state index contributed by atoms with van der Waals surface area (Å²) in [6.45, 7) is -0.341. The van der Waals surface area contributed by atoms with Crippen molar-refractivity contribution >= 4 is 43.2 Å². The quantitative estimate of drug-likeness (QED) is 0.633. The van der Waals surface area contributed by atoms with Crippen LogP contribution >= 0.6 is 43.2 Å². The molecule has 3 heterocycles. The van der Waals surface area contributed by atoms with E-state index in [1.807, 2.05) is 6.07 Å². The number of aromatic amines is 1. The van der Waals surface area contributed by atoms with E-state index in [2.05, 4.69) is 36.8 Å². The number of aliphatic hydroxyl groups excluding tert-OH is 2. The van der Waals surface area contributed by atoms with Gasteiger partial charge in [0, 0.05) is 17.1 Å². The van der Waals surface area contributed by atoms with Crippen LogP contribution in [0.25, 0.3) is 10.4 Å². The van der Waals surface area contributed by atoms with Crippen molar-refractivity contribution in [2.45, 2.75) is 24.9 Å². The molecular formula is C13H12Br2N2O5S. The van der Waals surface area contributed by atoms with Crippen LogP contribution in [0.4, 0.5) is 0 Å². The minimum Gasteiger partial charge on any atom is -0.394 e.